The van der Waals surface area contributed by atoms with Gasteiger partial charge >= 0.3 is 0 Å². The first-order valence-electron chi connectivity index (χ1n) is 8.29. The maximum atomic E-state index is 12.5. The van der Waals surface area contributed by atoms with E-state index < -0.39 is 10.0 Å². The van der Waals surface area contributed by atoms with Crippen LogP contribution in [0.15, 0.2) is 24.3 Å². The maximum Gasteiger partial charge on any atom is 0.243 e. The average molecular weight is 354 g/mol. The minimum Gasteiger partial charge on any atom is -0.494 e. The van der Waals surface area contributed by atoms with Gasteiger partial charge in [0.05, 0.1) is 18.6 Å². The van der Waals surface area contributed by atoms with Crippen LogP contribution in [0.5, 0.6) is 5.75 Å². The highest BCUT2D eigenvalue weighted by atomic mass is 32.2. The zero-order chi connectivity index (χ0) is 17.7. The highest BCUT2D eigenvalue weighted by molar-refractivity contribution is 7.92. The van der Waals surface area contributed by atoms with Crippen molar-refractivity contribution >= 4 is 21.6 Å². The molecule has 6 nitrogen and oxygen atoms in total. The number of hydrogen-bond donors (Lipinski definition) is 0. The Bertz CT molecular complexity index is 658. The van der Waals surface area contributed by atoms with E-state index in [9.17, 15) is 13.2 Å². The van der Waals surface area contributed by atoms with Crippen LogP contribution in [0.25, 0.3) is 0 Å². The molecule has 1 amide bonds. The van der Waals surface area contributed by atoms with Gasteiger partial charge < -0.3 is 9.64 Å². The van der Waals surface area contributed by atoms with E-state index in [1.54, 1.807) is 29.2 Å². The van der Waals surface area contributed by atoms with Gasteiger partial charge in [0.15, 0.2) is 0 Å². The molecule has 7 heteroatoms. The van der Waals surface area contributed by atoms with E-state index in [1.165, 1.54) is 0 Å². The molecule has 24 heavy (non-hydrogen) atoms. The van der Waals surface area contributed by atoms with Crippen LogP contribution in [-0.4, -0.2) is 51.7 Å². The topological polar surface area (TPSA) is 66.9 Å². The minimum absolute atomic E-state index is 0.152. The smallest absolute Gasteiger partial charge is 0.243 e. The van der Waals surface area contributed by atoms with Crippen molar-refractivity contribution in [2.45, 2.75) is 26.7 Å². The largest absolute Gasteiger partial charge is 0.494 e. The molecule has 1 aliphatic heterocycles. The summed E-state index contributed by atoms with van der Waals surface area (Å²) in [5.74, 6) is 0.978. The van der Waals surface area contributed by atoms with Crippen molar-refractivity contribution in [1.29, 1.82) is 0 Å². The summed E-state index contributed by atoms with van der Waals surface area (Å²) >= 11 is 0. The number of benzene rings is 1. The summed E-state index contributed by atoms with van der Waals surface area (Å²) in [6.45, 7) is 5.76. The highest BCUT2D eigenvalue weighted by Gasteiger charge is 2.26. The van der Waals surface area contributed by atoms with Crippen LogP contribution in [0.4, 0.5) is 5.69 Å². The van der Waals surface area contributed by atoms with Crippen LogP contribution in [0, 0.1) is 5.92 Å². The Kier molecular flexibility index (Phi) is 6.10. The van der Waals surface area contributed by atoms with Crippen molar-refractivity contribution in [3.63, 3.8) is 0 Å². The third-order valence-corrected chi connectivity index (χ3v) is 5.27. The zero-order valence-corrected chi connectivity index (χ0v) is 15.4. The summed E-state index contributed by atoms with van der Waals surface area (Å²) in [5.41, 5.74) is 0.472. The van der Waals surface area contributed by atoms with Crippen molar-refractivity contribution in [1.82, 2.24) is 4.90 Å². The summed E-state index contributed by atoms with van der Waals surface area (Å²) in [6, 6.07) is 6.76. The molecule has 1 aromatic rings. The van der Waals surface area contributed by atoms with Crippen molar-refractivity contribution < 1.29 is 17.9 Å². The number of piperidine rings is 1. The van der Waals surface area contributed by atoms with E-state index in [-0.39, 0.29) is 12.5 Å². The molecule has 0 bridgehead atoms. The van der Waals surface area contributed by atoms with E-state index in [0.29, 0.717) is 37.1 Å². The van der Waals surface area contributed by atoms with Gasteiger partial charge in [0, 0.05) is 13.1 Å². The monoisotopic (exact) mass is 354 g/mol. The second kappa shape index (κ2) is 7.88. The van der Waals surface area contributed by atoms with E-state index in [2.05, 4.69) is 6.92 Å². The average Bonchev–Trinajstić information content (AvgIpc) is 2.52. The minimum atomic E-state index is -3.55. The van der Waals surface area contributed by atoms with Crippen molar-refractivity contribution in [2.75, 3.05) is 36.8 Å². The molecular formula is C17H26N2O4S. The Balaban J connectivity index is 2.15. The van der Waals surface area contributed by atoms with Crippen LogP contribution >= 0.6 is 0 Å². The molecule has 1 fully saturated rings. The third kappa shape index (κ3) is 4.87. The maximum absolute atomic E-state index is 12.5. The molecule has 1 heterocycles. The van der Waals surface area contributed by atoms with Crippen LogP contribution in [0.3, 0.4) is 0 Å². The fourth-order valence-corrected chi connectivity index (χ4v) is 3.76. The Labute approximate surface area is 144 Å². The van der Waals surface area contributed by atoms with Crippen LogP contribution < -0.4 is 9.04 Å². The summed E-state index contributed by atoms with van der Waals surface area (Å²) in [4.78, 5) is 14.3. The number of ether oxygens (including phenoxy) is 1. The Morgan fingerprint density at radius 2 is 2.00 bits per heavy atom. The third-order valence-electron chi connectivity index (χ3n) is 4.12. The Morgan fingerprint density at radius 1 is 1.33 bits per heavy atom. The SMILES string of the molecule is CCOc1ccc(N(CC(=O)N2CCC[C@@H](C)C2)S(C)(=O)=O)cc1. The summed E-state index contributed by atoms with van der Waals surface area (Å²) < 4.78 is 30.8. The van der Waals surface area contributed by atoms with Gasteiger partial charge in [-0.1, -0.05) is 6.92 Å². The standard InChI is InChI=1S/C17H26N2O4S/c1-4-23-16-9-7-15(8-10-16)19(24(3,21)22)13-17(20)18-11-5-6-14(2)12-18/h7-10,14H,4-6,11-13H2,1-3H3/t14-/m1/s1. The fraction of sp³-hybridized carbons (Fsp3) is 0.588. The van der Waals surface area contributed by atoms with Crippen molar-refractivity contribution in [2.24, 2.45) is 5.92 Å². The lowest BCUT2D eigenvalue weighted by Gasteiger charge is -2.33. The first-order chi connectivity index (χ1) is 11.3. The van der Waals surface area contributed by atoms with Crippen LogP contribution in [0.1, 0.15) is 26.7 Å². The Hall–Kier alpha value is -1.76. The molecular weight excluding hydrogens is 328 g/mol. The molecule has 0 spiro atoms. The van der Waals surface area contributed by atoms with Crippen molar-refractivity contribution in [3.8, 4) is 5.75 Å². The molecule has 0 N–H and O–H groups in total. The van der Waals surface area contributed by atoms with Gasteiger partial charge in [-0.25, -0.2) is 8.42 Å². The molecule has 0 aliphatic carbocycles. The van der Waals surface area contributed by atoms with Gasteiger partial charge in [-0.3, -0.25) is 9.10 Å². The molecule has 1 saturated heterocycles. The van der Waals surface area contributed by atoms with Crippen LogP contribution in [0.2, 0.25) is 0 Å². The molecule has 1 aliphatic rings. The zero-order valence-electron chi connectivity index (χ0n) is 14.6. The van der Waals surface area contributed by atoms with E-state index in [0.717, 1.165) is 23.4 Å². The number of anilines is 1. The Morgan fingerprint density at radius 3 is 2.54 bits per heavy atom. The number of nitrogens with zero attached hydrogens (tertiary/aromatic N) is 2. The molecule has 134 valence electrons. The number of sulfonamides is 1. The second-order valence-electron chi connectivity index (χ2n) is 6.28. The first kappa shape index (κ1) is 18.6. The normalized spacial score (nSPS) is 18.3. The van der Waals surface area contributed by atoms with Gasteiger partial charge in [-0.2, -0.15) is 0 Å². The first-order valence-corrected chi connectivity index (χ1v) is 10.1. The van der Waals surface area contributed by atoms with Crippen molar-refractivity contribution in [3.05, 3.63) is 24.3 Å². The summed E-state index contributed by atoms with van der Waals surface area (Å²) in [6.07, 6.45) is 3.20. The number of amides is 1. The van der Waals surface area contributed by atoms with Gasteiger partial charge in [-0.15, -0.1) is 0 Å². The molecule has 0 saturated carbocycles. The lowest BCUT2D eigenvalue weighted by atomic mass is 10.0. The number of hydrogen-bond acceptors (Lipinski definition) is 4. The van der Waals surface area contributed by atoms with Gasteiger partial charge in [0.25, 0.3) is 0 Å². The predicted octanol–water partition coefficient (Wildman–Crippen LogP) is 2.11. The number of carbonyl (C=O) groups is 1. The molecule has 2 rings (SSSR count). The van der Waals surface area contributed by atoms with Gasteiger partial charge in [-0.05, 0) is 49.9 Å². The second-order valence-corrected chi connectivity index (χ2v) is 8.19. The molecule has 0 aromatic heterocycles. The lowest BCUT2D eigenvalue weighted by Crippen LogP contribution is -2.46. The lowest BCUT2D eigenvalue weighted by molar-refractivity contribution is -0.131. The number of carbonyl (C=O) groups excluding carboxylic acids is 1. The van der Waals surface area contributed by atoms with Crippen LogP contribution in [-0.2, 0) is 14.8 Å². The molecule has 1 aromatic carbocycles. The predicted molar refractivity (Wildman–Crippen MR) is 94.8 cm³/mol. The van der Waals surface area contributed by atoms with Gasteiger partial charge in [0.2, 0.25) is 15.9 Å². The molecule has 0 unspecified atom stereocenters. The molecule has 1 atom stereocenters. The van der Waals surface area contributed by atoms with Gasteiger partial charge in [0.1, 0.15) is 12.3 Å². The van der Waals surface area contributed by atoms with E-state index >= 15 is 0 Å². The van der Waals surface area contributed by atoms with E-state index in [4.69, 9.17) is 4.74 Å². The highest BCUT2D eigenvalue weighted by Crippen LogP contribution is 2.22. The quantitative estimate of drug-likeness (QED) is 0.785. The number of rotatable bonds is 6. The fourth-order valence-electron chi connectivity index (χ4n) is 2.91. The summed E-state index contributed by atoms with van der Waals surface area (Å²) in [5, 5.41) is 0. The van der Waals surface area contributed by atoms with E-state index in [1.807, 2.05) is 6.92 Å². The molecule has 0 radical (unpaired) electrons. The number of likely N-dealkylation sites (tertiary alicyclic amines) is 1. The summed E-state index contributed by atoms with van der Waals surface area (Å²) in [7, 11) is -3.55.